The number of benzene rings is 1. The fourth-order valence-electron chi connectivity index (χ4n) is 4.40. The Morgan fingerprint density at radius 1 is 1.20 bits per heavy atom. The van der Waals surface area contributed by atoms with Crippen LogP contribution < -0.4 is 5.32 Å². The van der Waals surface area contributed by atoms with Gasteiger partial charge in [0, 0.05) is 35.1 Å². The van der Waals surface area contributed by atoms with Crippen molar-refractivity contribution in [3.05, 3.63) is 57.9 Å². The molecule has 5 heteroatoms. The van der Waals surface area contributed by atoms with E-state index in [1.165, 1.54) is 5.56 Å². The summed E-state index contributed by atoms with van der Waals surface area (Å²) in [7, 11) is 0. The second-order valence-corrected chi connectivity index (χ2v) is 10.3. The molecule has 1 aliphatic heterocycles. The SMILES string of the molecule is CCSCCOC(=O)C1=C(C)NC2=C(C(=O)CC(C)(C)C2)[C@H]1c1ccc(CC)cc1. The van der Waals surface area contributed by atoms with Crippen LogP contribution in [0.1, 0.15) is 64.5 Å². The Hall–Kier alpha value is -2.01. The minimum Gasteiger partial charge on any atom is -0.461 e. The van der Waals surface area contributed by atoms with Crippen molar-refractivity contribution in [2.45, 2.75) is 59.8 Å². The van der Waals surface area contributed by atoms with Gasteiger partial charge in [0.2, 0.25) is 0 Å². The van der Waals surface area contributed by atoms with Crippen LogP contribution in [0.3, 0.4) is 0 Å². The maximum atomic E-state index is 13.2. The lowest BCUT2D eigenvalue weighted by atomic mass is 9.68. The molecule has 1 aromatic carbocycles. The zero-order chi connectivity index (χ0) is 21.9. The van der Waals surface area contributed by atoms with Crippen molar-refractivity contribution in [3.8, 4) is 0 Å². The van der Waals surface area contributed by atoms with E-state index in [0.717, 1.165) is 46.9 Å². The van der Waals surface area contributed by atoms with Crippen LogP contribution in [-0.4, -0.2) is 29.9 Å². The molecule has 2 aliphatic rings. The summed E-state index contributed by atoms with van der Waals surface area (Å²) >= 11 is 1.74. The number of Topliss-reactive ketones (excluding diaryl/α,β-unsaturated/α-hetero) is 1. The van der Waals surface area contributed by atoms with Crippen LogP contribution in [0.2, 0.25) is 0 Å². The van der Waals surface area contributed by atoms with E-state index in [-0.39, 0.29) is 23.1 Å². The second kappa shape index (κ2) is 9.42. The van der Waals surface area contributed by atoms with Gasteiger partial charge in [0.05, 0.1) is 5.57 Å². The van der Waals surface area contributed by atoms with Gasteiger partial charge in [-0.2, -0.15) is 11.8 Å². The molecule has 0 unspecified atom stereocenters. The fourth-order valence-corrected chi connectivity index (χ4v) is 4.89. The highest BCUT2D eigenvalue weighted by Gasteiger charge is 2.43. The molecule has 30 heavy (non-hydrogen) atoms. The number of dihydropyridines is 1. The molecular formula is C25H33NO3S. The maximum absolute atomic E-state index is 13.2. The first-order chi connectivity index (χ1) is 14.3. The van der Waals surface area contributed by atoms with Gasteiger partial charge in [0.25, 0.3) is 0 Å². The van der Waals surface area contributed by atoms with Gasteiger partial charge in [-0.25, -0.2) is 4.79 Å². The quantitative estimate of drug-likeness (QED) is 0.482. The zero-order valence-corrected chi connectivity index (χ0v) is 19.6. The molecule has 0 radical (unpaired) electrons. The molecule has 162 valence electrons. The standard InChI is InChI=1S/C25H33NO3S/c1-6-17-8-10-18(11-9-17)22-21(24(28)29-12-13-30-7-2)16(3)26-19-14-25(4,5)15-20(27)23(19)22/h8-11,22,26H,6-7,12-15H2,1-5H3/t22-/m0/s1. The van der Waals surface area contributed by atoms with Gasteiger partial charge < -0.3 is 10.1 Å². The van der Waals surface area contributed by atoms with Crippen LogP contribution in [0.25, 0.3) is 0 Å². The zero-order valence-electron chi connectivity index (χ0n) is 18.8. The van der Waals surface area contributed by atoms with Crippen LogP contribution >= 0.6 is 11.8 Å². The van der Waals surface area contributed by atoms with Gasteiger partial charge in [-0.05, 0) is 42.1 Å². The second-order valence-electron chi connectivity index (χ2n) is 8.86. The van der Waals surface area contributed by atoms with Gasteiger partial charge in [-0.3, -0.25) is 4.79 Å². The maximum Gasteiger partial charge on any atom is 0.336 e. The largest absolute Gasteiger partial charge is 0.461 e. The summed E-state index contributed by atoms with van der Waals surface area (Å²) < 4.78 is 5.62. The minimum atomic E-state index is -0.373. The molecule has 1 atom stereocenters. The lowest BCUT2D eigenvalue weighted by molar-refractivity contribution is -0.138. The Labute approximate surface area is 184 Å². The number of carbonyl (C=O) groups is 2. The van der Waals surface area contributed by atoms with E-state index < -0.39 is 0 Å². The predicted octanol–water partition coefficient (Wildman–Crippen LogP) is 5.15. The first kappa shape index (κ1) is 22.7. The van der Waals surface area contributed by atoms with E-state index in [2.05, 4.69) is 57.3 Å². The van der Waals surface area contributed by atoms with Crippen LogP contribution in [0, 0.1) is 5.41 Å². The van der Waals surface area contributed by atoms with Crippen LogP contribution in [0.5, 0.6) is 0 Å². The lowest BCUT2D eigenvalue weighted by Gasteiger charge is -2.39. The van der Waals surface area contributed by atoms with Gasteiger partial charge in [0.1, 0.15) is 6.61 Å². The molecular weight excluding hydrogens is 394 g/mol. The smallest absolute Gasteiger partial charge is 0.336 e. The van der Waals surface area contributed by atoms with Crippen molar-refractivity contribution in [3.63, 3.8) is 0 Å². The summed E-state index contributed by atoms with van der Waals surface area (Å²) in [5, 5.41) is 3.39. The summed E-state index contributed by atoms with van der Waals surface area (Å²) in [6, 6.07) is 8.29. The third kappa shape index (κ3) is 4.83. The molecule has 0 bridgehead atoms. The number of ketones is 1. The van der Waals surface area contributed by atoms with Crippen LogP contribution in [0.4, 0.5) is 0 Å². The number of allylic oxidation sites excluding steroid dienone is 3. The molecule has 1 heterocycles. The lowest BCUT2D eigenvalue weighted by Crippen LogP contribution is -2.38. The van der Waals surface area contributed by atoms with E-state index in [0.29, 0.717) is 18.6 Å². The van der Waals surface area contributed by atoms with Gasteiger partial charge in [-0.1, -0.05) is 52.0 Å². The van der Waals surface area contributed by atoms with E-state index in [1.807, 2.05) is 6.92 Å². The number of hydrogen-bond acceptors (Lipinski definition) is 5. The molecule has 0 spiro atoms. The van der Waals surface area contributed by atoms with Crippen molar-refractivity contribution in [1.82, 2.24) is 5.32 Å². The van der Waals surface area contributed by atoms with Gasteiger partial charge in [0.15, 0.2) is 5.78 Å². The molecule has 1 aliphatic carbocycles. The Kier molecular flexibility index (Phi) is 7.12. The number of hydrogen-bond donors (Lipinski definition) is 1. The fraction of sp³-hybridized carbons (Fsp3) is 0.520. The average Bonchev–Trinajstić information content (AvgIpc) is 2.69. The van der Waals surface area contributed by atoms with Crippen molar-refractivity contribution in [1.29, 1.82) is 0 Å². The van der Waals surface area contributed by atoms with Gasteiger partial charge in [-0.15, -0.1) is 0 Å². The molecule has 0 saturated carbocycles. The van der Waals surface area contributed by atoms with E-state index in [1.54, 1.807) is 11.8 Å². The summed E-state index contributed by atoms with van der Waals surface area (Å²) in [6.45, 7) is 10.7. The Bertz CT molecular complexity index is 880. The summed E-state index contributed by atoms with van der Waals surface area (Å²) in [5.41, 5.74) is 5.16. The number of carbonyl (C=O) groups excluding carboxylic acids is 2. The Morgan fingerprint density at radius 3 is 2.53 bits per heavy atom. The number of nitrogens with one attached hydrogen (secondary N) is 1. The molecule has 0 saturated heterocycles. The van der Waals surface area contributed by atoms with E-state index in [4.69, 9.17) is 4.74 Å². The minimum absolute atomic E-state index is 0.0881. The van der Waals surface area contributed by atoms with Crippen molar-refractivity contribution >= 4 is 23.5 Å². The number of rotatable bonds is 7. The number of esters is 1. The molecule has 0 fully saturated rings. The topological polar surface area (TPSA) is 55.4 Å². The molecule has 1 aromatic rings. The predicted molar refractivity (Wildman–Crippen MR) is 123 cm³/mol. The van der Waals surface area contributed by atoms with E-state index >= 15 is 0 Å². The normalized spacial score (nSPS) is 20.7. The third-order valence-electron chi connectivity index (χ3n) is 5.85. The molecule has 0 aromatic heterocycles. The molecule has 4 nitrogen and oxygen atoms in total. The third-order valence-corrected chi connectivity index (χ3v) is 6.71. The highest BCUT2D eigenvalue weighted by Crippen LogP contribution is 2.46. The summed E-state index contributed by atoms with van der Waals surface area (Å²) in [5.74, 6) is 1.19. The summed E-state index contributed by atoms with van der Waals surface area (Å²) in [6.07, 6.45) is 2.24. The monoisotopic (exact) mass is 427 g/mol. The molecule has 3 rings (SSSR count). The number of aryl methyl sites for hydroxylation is 1. The number of thioether (sulfide) groups is 1. The highest BCUT2D eigenvalue weighted by molar-refractivity contribution is 7.99. The van der Waals surface area contributed by atoms with Gasteiger partial charge >= 0.3 is 5.97 Å². The first-order valence-corrected chi connectivity index (χ1v) is 12.0. The molecule has 1 N–H and O–H groups in total. The summed E-state index contributed by atoms with van der Waals surface area (Å²) in [4.78, 5) is 26.4. The average molecular weight is 428 g/mol. The van der Waals surface area contributed by atoms with Crippen LogP contribution in [-0.2, 0) is 20.7 Å². The Morgan fingerprint density at radius 2 is 1.90 bits per heavy atom. The number of ether oxygens (including phenoxy) is 1. The van der Waals surface area contributed by atoms with Crippen molar-refractivity contribution < 1.29 is 14.3 Å². The molecule has 0 amide bonds. The van der Waals surface area contributed by atoms with Crippen LogP contribution in [0.15, 0.2) is 46.8 Å². The van der Waals surface area contributed by atoms with E-state index in [9.17, 15) is 9.59 Å². The first-order valence-electron chi connectivity index (χ1n) is 10.8. The van der Waals surface area contributed by atoms with Crippen molar-refractivity contribution in [2.24, 2.45) is 5.41 Å². The Balaban J connectivity index is 2.02. The van der Waals surface area contributed by atoms with Crippen molar-refractivity contribution in [2.75, 3.05) is 18.1 Å². The highest BCUT2D eigenvalue weighted by atomic mass is 32.2.